The second-order valence-electron chi connectivity index (χ2n) is 7.49. The van der Waals surface area contributed by atoms with Crippen molar-refractivity contribution in [3.63, 3.8) is 0 Å². The first-order chi connectivity index (χ1) is 15.5. The summed E-state index contributed by atoms with van der Waals surface area (Å²) in [6.45, 7) is 3.38. The lowest BCUT2D eigenvalue weighted by molar-refractivity contribution is -0.211. The highest BCUT2D eigenvalue weighted by molar-refractivity contribution is 9.10. The third-order valence-corrected chi connectivity index (χ3v) is 5.73. The van der Waals surface area contributed by atoms with E-state index in [1.165, 1.54) is 12.1 Å². The Morgan fingerprint density at radius 3 is 2.42 bits per heavy atom. The molecule has 4 aromatic rings. The highest BCUT2D eigenvalue weighted by Gasteiger charge is 2.33. The van der Waals surface area contributed by atoms with Crippen molar-refractivity contribution in [2.75, 3.05) is 5.32 Å². The van der Waals surface area contributed by atoms with Gasteiger partial charge < -0.3 is 10.4 Å². The highest BCUT2D eigenvalue weighted by atomic mass is 79.9. The van der Waals surface area contributed by atoms with Gasteiger partial charge in [0.05, 0.1) is 5.52 Å². The minimum atomic E-state index is -4.68. The van der Waals surface area contributed by atoms with E-state index in [-0.39, 0.29) is 26.7 Å². The molecule has 0 aliphatic heterocycles. The van der Waals surface area contributed by atoms with Gasteiger partial charge in [0, 0.05) is 27.5 Å². The summed E-state index contributed by atoms with van der Waals surface area (Å²) in [6, 6.07) is 7.28. The molecule has 1 unspecified atom stereocenters. The number of nitrogens with zero attached hydrogens (tertiary/aromatic N) is 4. The highest BCUT2D eigenvalue weighted by Crippen LogP contribution is 2.36. The number of fused-ring (bicyclic) bond motifs is 3. The number of nitrogens with one attached hydrogen (secondary N) is 1. The van der Waals surface area contributed by atoms with E-state index in [0.717, 1.165) is 6.20 Å². The molecule has 33 heavy (non-hydrogen) atoms. The largest absolute Gasteiger partial charge is 0.504 e. The average molecular weight is 530 g/mol. The van der Waals surface area contributed by atoms with Gasteiger partial charge in [0.2, 0.25) is 0 Å². The molecule has 12 heteroatoms. The minimum Gasteiger partial charge on any atom is -0.382 e. The summed E-state index contributed by atoms with van der Waals surface area (Å²) in [7, 11) is 0. The van der Waals surface area contributed by atoms with Crippen molar-refractivity contribution in [2.45, 2.75) is 38.7 Å². The van der Waals surface area contributed by atoms with Crippen LogP contribution in [0.1, 0.15) is 36.0 Å². The maximum atomic E-state index is 13.2. The van der Waals surface area contributed by atoms with E-state index in [2.05, 4.69) is 36.3 Å². The van der Waals surface area contributed by atoms with Crippen LogP contribution in [0.5, 0.6) is 0 Å². The van der Waals surface area contributed by atoms with Crippen LogP contribution in [-0.2, 0) is 6.30 Å². The van der Waals surface area contributed by atoms with E-state index in [4.69, 9.17) is 0 Å². The number of aryl methyl sites for hydroxylation is 1. The van der Waals surface area contributed by atoms with Crippen LogP contribution in [0.25, 0.3) is 21.8 Å². The summed E-state index contributed by atoms with van der Waals surface area (Å²) in [6.07, 6.45) is -8.64. The van der Waals surface area contributed by atoms with Crippen LogP contribution in [0.4, 0.5) is 27.8 Å². The van der Waals surface area contributed by atoms with Crippen LogP contribution in [0.3, 0.4) is 0 Å². The molecule has 0 spiro atoms. The van der Waals surface area contributed by atoms with Crippen LogP contribution >= 0.6 is 15.9 Å². The number of halogens is 6. The van der Waals surface area contributed by atoms with Gasteiger partial charge in [-0.15, -0.1) is 13.2 Å². The molecule has 2 aromatic heterocycles. The Kier molecular flexibility index (Phi) is 5.99. The van der Waals surface area contributed by atoms with E-state index in [1.807, 2.05) is 0 Å². The number of aromatic nitrogens is 4. The fourth-order valence-corrected chi connectivity index (χ4v) is 4.05. The van der Waals surface area contributed by atoms with Crippen LogP contribution in [-0.4, -0.2) is 31.3 Å². The standard InChI is InChI=1S/C21H17BrF5N5O/c1-9(11-4-3-5-12(6-11)18(33)19(23)24)28-20-13-7-15(22)17-14(16(13)29-10(2)30-20)8-32(31-17)21(25,26)27/h3-9,18-19,33H,1-2H3,(H,28,29,30)/t9-,18?/m1/s1. The van der Waals surface area contributed by atoms with Gasteiger partial charge in [-0.2, -0.15) is 9.78 Å². The summed E-state index contributed by atoms with van der Waals surface area (Å²) in [5.74, 6) is 0.676. The zero-order chi connectivity index (χ0) is 24.1. The Morgan fingerprint density at radius 1 is 1.06 bits per heavy atom. The summed E-state index contributed by atoms with van der Waals surface area (Å²) in [5.41, 5.74) is 1.07. The molecule has 0 saturated carbocycles. The molecule has 2 N–H and O–H groups in total. The molecule has 0 fully saturated rings. The molecule has 4 rings (SSSR count). The van der Waals surface area contributed by atoms with Gasteiger partial charge in [-0.05, 0) is 47.0 Å². The van der Waals surface area contributed by atoms with Crippen molar-refractivity contribution in [3.05, 3.63) is 58.0 Å². The molecule has 0 aliphatic carbocycles. The van der Waals surface area contributed by atoms with Gasteiger partial charge in [-0.3, -0.25) is 0 Å². The molecule has 0 amide bonds. The summed E-state index contributed by atoms with van der Waals surface area (Å²) < 4.78 is 65.6. The van der Waals surface area contributed by atoms with Crippen molar-refractivity contribution in [1.29, 1.82) is 0 Å². The van der Waals surface area contributed by atoms with Crippen molar-refractivity contribution >= 4 is 43.6 Å². The topological polar surface area (TPSA) is 75.9 Å². The minimum absolute atomic E-state index is 0.0730. The van der Waals surface area contributed by atoms with Gasteiger partial charge in [-0.25, -0.2) is 18.7 Å². The first-order valence-corrected chi connectivity index (χ1v) is 10.5. The third kappa shape index (κ3) is 4.49. The molecule has 2 heterocycles. The van der Waals surface area contributed by atoms with Gasteiger partial charge >= 0.3 is 6.30 Å². The van der Waals surface area contributed by atoms with E-state index in [9.17, 15) is 27.1 Å². The van der Waals surface area contributed by atoms with Crippen molar-refractivity contribution in [1.82, 2.24) is 19.7 Å². The Balaban J connectivity index is 1.79. The van der Waals surface area contributed by atoms with Crippen LogP contribution in [0.15, 0.2) is 41.0 Å². The smallest absolute Gasteiger partial charge is 0.382 e. The monoisotopic (exact) mass is 529 g/mol. The lowest BCUT2D eigenvalue weighted by Crippen LogP contribution is -2.16. The Hall–Kier alpha value is -2.86. The lowest BCUT2D eigenvalue weighted by Gasteiger charge is -2.19. The first kappa shape index (κ1) is 23.3. The fourth-order valence-electron chi connectivity index (χ4n) is 3.53. The number of hydrogen-bond acceptors (Lipinski definition) is 5. The summed E-state index contributed by atoms with van der Waals surface area (Å²) in [4.78, 5) is 8.72. The number of hydrogen-bond donors (Lipinski definition) is 2. The van der Waals surface area contributed by atoms with Crippen molar-refractivity contribution < 1.29 is 27.1 Å². The predicted molar refractivity (Wildman–Crippen MR) is 116 cm³/mol. The lowest BCUT2D eigenvalue weighted by atomic mass is 10.0. The summed E-state index contributed by atoms with van der Waals surface area (Å²) in [5, 5.41) is 17.1. The van der Waals surface area contributed by atoms with Gasteiger partial charge in [-0.1, -0.05) is 24.3 Å². The third-order valence-electron chi connectivity index (χ3n) is 5.13. The van der Waals surface area contributed by atoms with E-state index >= 15 is 0 Å². The maximum absolute atomic E-state index is 13.2. The van der Waals surface area contributed by atoms with E-state index < -0.39 is 24.9 Å². The Morgan fingerprint density at radius 2 is 1.76 bits per heavy atom. The predicted octanol–water partition coefficient (Wildman–Crippen LogP) is 6.00. The number of aliphatic hydroxyl groups excluding tert-OH is 1. The number of rotatable bonds is 5. The van der Waals surface area contributed by atoms with Crippen LogP contribution in [0, 0.1) is 6.92 Å². The normalized spacial score (nSPS) is 14.2. The second-order valence-corrected chi connectivity index (χ2v) is 8.35. The first-order valence-electron chi connectivity index (χ1n) is 9.71. The average Bonchev–Trinajstić information content (AvgIpc) is 3.21. The second kappa shape index (κ2) is 8.49. The summed E-state index contributed by atoms with van der Waals surface area (Å²) >= 11 is 3.28. The molecular formula is C21H17BrF5N5O. The molecule has 2 atom stereocenters. The van der Waals surface area contributed by atoms with E-state index in [0.29, 0.717) is 27.1 Å². The quantitative estimate of drug-likeness (QED) is 0.310. The van der Waals surface area contributed by atoms with Crippen LogP contribution < -0.4 is 5.32 Å². The Bertz CT molecular complexity index is 1340. The SMILES string of the molecule is Cc1nc(N[C@H](C)c2cccc(C(O)C(F)F)c2)c2cc(Br)c3nn(C(F)(F)F)cc3c2n1. The molecule has 174 valence electrons. The maximum Gasteiger partial charge on any atom is 0.504 e. The molecular weight excluding hydrogens is 513 g/mol. The molecule has 0 bridgehead atoms. The zero-order valence-electron chi connectivity index (χ0n) is 17.2. The van der Waals surface area contributed by atoms with Crippen LogP contribution in [0.2, 0.25) is 0 Å². The fraction of sp³-hybridized carbons (Fsp3) is 0.286. The van der Waals surface area contributed by atoms with Crippen molar-refractivity contribution in [2.24, 2.45) is 0 Å². The molecule has 2 aromatic carbocycles. The number of aliphatic hydroxyl groups is 1. The van der Waals surface area contributed by atoms with Gasteiger partial charge in [0.1, 0.15) is 23.3 Å². The number of benzene rings is 2. The zero-order valence-corrected chi connectivity index (χ0v) is 18.8. The van der Waals surface area contributed by atoms with E-state index in [1.54, 1.807) is 32.0 Å². The molecule has 0 saturated heterocycles. The van der Waals surface area contributed by atoms with Gasteiger partial charge in [0.15, 0.2) is 0 Å². The number of alkyl halides is 5. The molecule has 6 nitrogen and oxygen atoms in total. The number of anilines is 1. The van der Waals surface area contributed by atoms with Crippen molar-refractivity contribution in [3.8, 4) is 0 Å². The Labute approximate surface area is 192 Å². The molecule has 0 aliphatic rings. The molecule has 0 radical (unpaired) electrons. The van der Waals surface area contributed by atoms with Gasteiger partial charge in [0.25, 0.3) is 6.43 Å².